The van der Waals surface area contributed by atoms with E-state index >= 15 is 0 Å². The molecule has 0 aliphatic rings. The van der Waals surface area contributed by atoms with Gasteiger partial charge in [0.1, 0.15) is 0 Å². The van der Waals surface area contributed by atoms with Crippen molar-refractivity contribution in [3.05, 3.63) is 58.9 Å². The van der Waals surface area contributed by atoms with Crippen molar-refractivity contribution in [2.24, 2.45) is 0 Å². The van der Waals surface area contributed by atoms with Crippen molar-refractivity contribution in [3.8, 4) is 5.69 Å². The Balaban J connectivity index is 0.000000505. The van der Waals surface area contributed by atoms with Crippen LogP contribution in [0, 0.1) is 31.0 Å². The number of para-hydroxylation sites is 1. The SMILES string of the molecule is Cc1cc(C)[n+](-c2ccccc2C(C)(C)C)c(C)c1.[O-][Cl+3]([O-])([O-])[O-]. The summed E-state index contributed by atoms with van der Waals surface area (Å²) in [5.41, 5.74) is 6.72. The Morgan fingerprint density at radius 1 is 0.833 bits per heavy atom. The lowest BCUT2D eigenvalue weighted by Crippen LogP contribution is -2.68. The van der Waals surface area contributed by atoms with Gasteiger partial charge in [-0.15, -0.1) is 10.2 Å². The lowest BCUT2D eigenvalue weighted by Gasteiger charge is -2.20. The molecule has 24 heavy (non-hydrogen) atoms. The summed E-state index contributed by atoms with van der Waals surface area (Å²) in [6.45, 7) is 13.3. The molecular weight excluding hydrogens is 330 g/mol. The third kappa shape index (κ3) is 6.19. The molecule has 0 aliphatic carbocycles. The molecule has 132 valence electrons. The highest BCUT2D eigenvalue weighted by atomic mass is 35.7. The average molecular weight is 354 g/mol. The Hall–Kier alpha value is -1.50. The summed E-state index contributed by atoms with van der Waals surface area (Å²) >= 11 is 0. The minimum atomic E-state index is -4.94. The normalized spacial score (nSPS) is 11.8. The highest BCUT2D eigenvalue weighted by molar-refractivity contribution is 5.39. The van der Waals surface area contributed by atoms with Crippen LogP contribution in [0.2, 0.25) is 0 Å². The second-order valence-electron chi connectivity index (χ2n) is 6.80. The summed E-state index contributed by atoms with van der Waals surface area (Å²) < 4.78 is 36.3. The number of benzene rings is 1. The van der Waals surface area contributed by atoms with E-state index in [0.29, 0.717) is 0 Å². The van der Waals surface area contributed by atoms with Gasteiger partial charge in [0.15, 0.2) is 11.4 Å². The molecule has 0 bridgehead atoms. The fraction of sp³-hybridized carbons (Fsp3) is 0.389. The smallest absolute Gasteiger partial charge is 0.214 e. The molecule has 1 heterocycles. The minimum absolute atomic E-state index is 0.146. The van der Waals surface area contributed by atoms with E-state index < -0.39 is 10.2 Å². The quantitative estimate of drug-likeness (QED) is 0.641. The number of halogens is 1. The first-order valence-electron chi connectivity index (χ1n) is 7.52. The first-order chi connectivity index (χ1) is 10.8. The molecule has 1 aromatic heterocycles. The van der Waals surface area contributed by atoms with Crippen molar-refractivity contribution in [1.82, 2.24) is 0 Å². The Morgan fingerprint density at radius 2 is 1.25 bits per heavy atom. The fourth-order valence-electron chi connectivity index (χ4n) is 2.79. The highest BCUT2D eigenvalue weighted by Gasteiger charge is 2.25. The lowest BCUT2D eigenvalue weighted by molar-refractivity contribution is -2.00. The van der Waals surface area contributed by atoms with Crippen LogP contribution in [0.3, 0.4) is 0 Å². The summed E-state index contributed by atoms with van der Waals surface area (Å²) in [6.07, 6.45) is 0. The van der Waals surface area contributed by atoms with Crippen LogP contribution in [-0.2, 0) is 5.41 Å². The van der Waals surface area contributed by atoms with Gasteiger partial charge in [-0.3, -0.25) is 0 Å². The van der Waals surface area contributed by atoms with Gasteiger partial charge in [-0.05, 0) is 17.9 Å². The largest absolute Gasteiger partial charge is 0.222 e. The topological polar surface area (TPSA) is 96.1 Å². The second kappa shape index (κ2) is 7.59. The zero-order valence-corrected chi connectivity index (χ0v) is 15.7. The second-order valence-corrected chi connectivity index (χ2v) is 7.55. The van der Waals surface area contributed by atoms with Crippen molar-refractivity contribution in [2.45, 2.75) is 47.0 Å². The summed E-state index contributed by atoms with van der Waals surface area (Å²) in [5.74, 6) is 0. The molecular formula is C18H24ClNO4. The molecule has 0 amide bonds. The van der Waals surface area contributed by atoms with E-state index in [0.717, 1.165) is 0 Å². The minimum Gasteiger partial charge on any atom is -0.222 e. The lowest BCUT2D eigenvalue weighted by atomic mass is 9.85. The van der Waals surface area contributed by atoms with Gasteiger partial charge in [0.25, 0.3) is 0 Å². The van der Waals surface area contributed by atoms with Crippen LogP contribution in [0.15, 0.2) is 36.4 Å². The van der Waals surface area contributed by atoms with Gasteiger partial charge in [-0.25, -0.2) is 18.6 Å². The number of aromatic nitrogens is 1. The molecule has 0 spiro atoms. The molecule has 1 aromatic carbocycles. The van der Waals surface area contributed by atoms with Gasteiger partial charge in [-0.2, -0.15) is 4.57 Å². The van der Waals surface area contributed by atoms with Crippen LogP contribution in [0.1, 0.15) is 43.3 Å². The molecule has 0 atom stereocenters. The third-order valence-corrected chi connectivity index (χ3v) is 3.53. The molecule has 6 heteroatoms. The molecule has 5 nitrogen and oxygen atoms in total. The molecule has 0 aliphatic heterocycles. The monoisotopic (exact) mass is 353 g/mol. The van der Waals surface area contributed by atoms with Crippen LogP contribution in [0.25, 0.3) is 5.69 Å². The van der Waals surface area contributed by atoms with Crippen LogP contribution in [0.5, 0.6) is 0 Å². The molecule has 0 saturated heterocycles. The van der Waals surface area contributed by atoms with Gasteiger partial charge in [-0.1, -0.05) is 39.0 Å². The van der Waals surface area contributed by atoms with Crippen LogP contribution < -0.4 is 23.2 Å². The Morgan fingerprint density at radius 3 is 1.67 bits per heavy atom. The molecule has 2 rings (SSSR count). The van der Waals surface area contributed by atoms with E-state index in [1.807, 2.05) is 0 Å². The number of nitrogens with zero attached hydrogens (tertiary/aromatic N) is 1. The average Bonchev–Trinajstić information content (AvgIpc) is 2.34. The predicted molar refractivity (Wildman–Crippen MR) is 80.9 cm³/mol. The van der Waals surface area contributed by atoms with E-state index in [1.54, 1.807) is 0 Å². The van der Waals surface area contributed by atoms with Gasteiger partial charge < -0.3 is 0 Å². The highest BCUT2D eigenvalue weighted by Crippen LogP contribution is 2.26. The van der Waals surface area contributed by atoms with Crippen molar-refractivity contribution >= 4 is 0 Å². The molecule has 0 saturated carbocycles. The zero-order chi connectivity index (χ0) is 18.7. The van der Waals surface area contributed by atoms with E-state index in [4.69, 9.17) is 18.6 Å². The van der Waals surface area contributed by atoms with Crippen LogP contribution in [-0.4, -0.2) is 0 Å². The summed E-state index contributed by atoms with van der Waals surface area (Å²) in [7, 11) is -4.94. The van der Waals surface area contributed by atoms with E-state index in [9.17, 15) is 0 Å². The van der Waals surface area contributed by atoms with E-state index in [-0.39, 0.29) is 5.41 Å². The van der Waals surface area contributed by atoms with Crippen LogP contribution in [0.4, 0.5) is 0 Å². The summed E-state index contributed by atoms with van der Waals surface area (Å²) in [5, 5.41) is 0. The first kappa shape index (κ1) is 20.5. The molecule has 0 unspecified atom stereocenters. The van der Waals surface area contributed by atoms with Gasteiger partial charge in [0, 0.05) is 37.6 Å². The maximum Gasteiger partial charge on any atom is 0.214 e. The van der Waals surface area contributed by atoms with Crippen molar-refractivity contribution < 1.29 is 33.4 Å². The third-order valence-electron chi connectivity index (χ3n) is 3.53. The molecule has 0 fully saturated rings. The van der Waals surface area contributed by atoms with Gasteiger partial charge >= 0.3 is 0 Å². The standard InChI is InChI=1S/C18H24N.ClHO4/c1-13-11-14(2)19(15(3)12-13)17-10-8-7-9-16(17)18(4,5)6;2-1(3,4)5/h7-12H,1-6H3;(H,2,3,4,5)/q+1;/p-1. The Kier molecular flexibility index (Phi) is 6.50. The van der Waals surface area contributed by atoms with E-state index in [2.05, 4.69) is 82.5 Å². The van der Waals surface area contributed by atoms with Crippen molar-refractivity contribution in [2.75, 3.05) is 0 Å². The van der Waals surface area contributed by atoms with Crippen LogP contribution >= 0.6 is 0 Å². The van der Waals surface area contributed by atoms with Gasteiger partial charge in [0.2, 0.25) is 5.69 Å². The maximum absolute atomic E-state index is 8.49. The van der Waals surface area contributed by atoms with Crippen molar-refractivity contribution in [1.29, 1.82) is 0 Å². The number of rotatable bonds is 1. The van der Waals surface area contributed by atoms with E-state index in [1.165, 1.54) is 28.2 Å². The number of hydrogen-bond acceptors (Lipinski definition) is 4. The Bertz CT molecular complexity index is 674. The van der Waals surface area contributed by atoms with Gasteiger partial charge in [0.05, 0.1) is 0 Å². The molecule has 0 radical (unpaired) electrons. The zero-order valence-electron chi connectivity index (χ0n) is 14.9. The molecule has 2 aromatic rings. The number of aryl methyl sites for hydroxylation is 3. The summed E-state index contributed by atoms with van der Waals surface area (Å²) in [6, 6.07) is 13.2. The predicted octanol–water partition coefficient (Wildman–Crippen LogP) is -0.570. The maximum atomic E-state index is 8.49. The molecule has 0 N–H and O–H groups in total. The van der Waals surface area contributed by atoms with Crippen molar-refractivity contribution in [3.63, 3.8) is 0 Å². The number of pyridine rings is 1. The number of hydrogen-bond donors (Lipinski definition) is 0. The first-order valence-corrected chi connectivity index (χ1v) is 8.75. The summed E-state index contributed by atoms with van der Waals surface area (Å²) in [4.78, 5) is 0. The Labute approximate surface area is 145 Å². The fourth-order valence-corrected chi connectivity index (χ4v) is 2.79.